The van der Waals surface area contributed by atoms with Crippen LogP contribution in [0.5, 0.6) is 0 Å². The van der Waals surface area contributed by atoms with Gasteiger partial charge in [0.2, 0.25) is 0 Å². The number of piperidine rings is 1. The molecule has 1 heterocycles. The van der Waals surface area contributed by atoms with E-state index in [2.05, 4.69) is 38.3 Å². The summed E-state index contributed by atoms with van der Waals surface area (Å²) < 4.78 is 13.9. The normalized spacial score (nSPS) is 15.8. The molecule has 0 unspecified atom stereocenters. The van der Waals surface area contributed by atoms with Gasteiger partial charge in [0.15, 0.2) is 0 Å². The van der Waals surface area contributed by atoms with Crippen molar-refractivity contribution in [1.29, 1.82) is 0 Å². The van der Waals surface area contributed by atoms with Gasteiger partial charge in [-0.25, -0.2) is 4.39 Å². The van der Waals surface area contributed by atoms with E-state index in [0.717, 1.165) is 38.0 Å². The van der Waals surface area contributed by atoms with Crippen LogP contribution < -0.4 is 5.32 Å². The summed E-state index contributed by atoms with van der Waals surface area (Å²) in [6.07, 6.45) is 1.51. The molecule has 138 valence electrons. The van der Waals surface area contributed by atoms with Gasteiger partial charge >= 0.3 is 0 Å². The smallest absolute Gasteiger partial charge is 0.252 e. The number of hydrogen-bond acceptors (Lipinski definition) is 3. The van der Waals surface area contributed by atoms with Gasteiger partial charge < -0.3 is 10.4 Å². The molecule has 0 radical (unpaired) electrons. The SMILES string of the molecule is O=C(NCc1ccc(CN2CCC(O)CC2)cc1)c1cc(F)ccc1Br. The first kappa shape index (κ1) is 19.0. The van der Waals surface area contributed by atoms with Crippen LogP contribution in [0.1, 0.15) is 34.3 Å². The number of amides is 1. The second-order valence-electron chi connectivity index (χ2n) is 6.63. The molecular weight excluding hydrogens is 399 g/mol. The van der Waals surface area contributed by atoms with E-state index >= 15 is 0 Å². The van der Waals surface area contributed by atoms with Crippen LogP contribution in [0.3, 0.4) is 0 Å². The Hall–Kier alpha value is -1.76. The predicted octanol–water partition coefficient (Wildman–Crippen LogP) is 3.47. The van der Waals surface area contributed by atoms with Crippen molar-refractivity contribution in [3.8, 4) is 0 Å². The average molecular weight is 421 g/mol. The molecule has 0 spiro atoms. The molecule has 2 aromatic rings. The highest BCUT2D eigenvalue weighted by Gasteiger charge is 2.16. The van der Waals surface area contributed by atoms with E-state index in [0.29, 0.717) is 11.0 Å². The Morgan fingerprint density at radius 3 is 2.50 bits per heavy atom. The fourth-order valence-electron chi connectivity index (χ4n) is 3.05. The molecule has 0 atom stereocenters. The van der Waals surface area contributed by atoms with Crippen LogP contribution in [0.4, 0.5) is 4.39 Å². The summed E-state index contributed by atoms with van der Waals surface area (Å²) in [7, 11) is 0. The molecule has 1 saturated heterocycles. The fraction of sp³-hybridized carbons (Fsp3) is 0.350. The Morgan fingerprint density at radius 1 is 1.15 bits per heavy atom. The molecule has 1 aliphatic heterocycles. The van der Waals surface area contributed by atoms with Gasteiger partial charge in [-0.15, -0.1) is 0 Å². The maximum Gasteiger partial charge on any atom is 0.252 e. The number of likely N-dealkylation sites (tertiary alicyclic amines) is 1. The van der Waals surface area contributed by atoms with Crippen molar-refractivity contribution in [1.82, 2.24) is 10.2 Å². The summed E-state index contributed by atoms with van der Waals surface area (Å²) in [6.45, 7) is 3.09. The zero-order chi connectivity index (χ0) is 18.5. The molecule has 0 aliphatic carbocycles. The second kappa shape index (κ2) is 8.75. The molecule has 0 saturated carbocycles. The Morgan fingerprint density at radius 2 is 1.81 bits per heavy atom. The molecule has 4 nitrogen and oxygen atoms in total. The molecular formula is C20H22BrFN2O2. The fourth-order valence-corrected chi connectivity index (χ4v) is 3.47. The van der Waals surface area contributed by atoms with E-state index in [1.807, 2.05) is 12.1 Å². The highest BCUT2D eigenvalue weighted by Crippen LogP contribution is 2.18. The lowest BCUT2D eigenvalue weighted by atomic mass is 10.1. The number of carbonyl (C=O) groups is 1. The van der Waals surface area contributed by atoms with Crippen LogP contribution in [0.25, 0.3) is 0 Å². The number of aliphatic hydroxyl groups is 1. The van der Waals surface area contributed by atoms with Crippen molar-refractivity contribution in [3.63, 3.8) is 0 Å². The topological polar surface area (TPSA) is 52.6 Å². The maximum absolute atomic E-state index is 13.3. The zero-order valence-electron chi connectivity index (χ0n) is 14.4. The number of carbonyl (C=O) groups excluding carboxylic acids is 1. The van der Waals surface area contributed by atoms with Crippen LogP contribution in [0, 0.1) is 5.82 Å². The van der Waals surface area contributed by atoms with Gasteiger partial charge in [0.05, 0.1) is 11.7 Å². The standard InChI is InChI=1S/C20H22BrFN2O2/c21-19-6-5-16(22)11-18(19)20(26)23-12-14-1-3-15(4-2-14)13-24-9-7-17(25)8-10-24/h1-6,11,17,25H,7-10,12-13H2,(H,23,26). The molecule has 2 aromatic carbocycles. The lowest BCUT2D eigenvalue weighted by Gasteiger charge is -2.29. The van der Waals surface area contributed by atoms with E-state index in [1.54, 1.807) is 0 Å². The van der Waals surface area contributed by atoms with E-state index in [9.17, 15) is 14.3 Å². The summed E-state index contributed by atoms with van der Waals surface area (Å²) >= 11 is 3.27. The van der Waals surface area contributed by atoms with Crippen LogP contribution in [0.15, 0.2) is 46.9 Å². The minimum absolute atomic E-state index is 0.157. The first-order valence-electron chi connectivity index (χ1n) is 8.73. The minimum atomic E-state index is -0.437. The van der Waals surface area contributed by atoms with Crippen molar-refractivity contribution >= 4 is 21.8 Å². The number of rotatable bonds is 5. The Kier molecular flexibility index (Phi) is 6.40. The molecule has 1 fully saturated rings. The monoisotopic (exact) mass is 420 g/mol. The molecule has 6 heteroatoms. The molecule has 0 bridgehead atoms. The third kappa shape index (κ3) is 5.13. The minimum Gasteiger partial charge on any atom is -0.393 e. The number of benzene rings is 2. The summed E-state index contributed by atoms with van der Waals surface area (Å²) in [4.78, 5) is 14.6. The summed E-state index contributed by atoms with van der Waals surface area (Å²) in [5, 5.41) is 12.4. The first-order valence-corrected chi connectivity index (χ1v) is 9.52. The molecule has 3 rings (SSSR count). The van der Waals surface area contributed by atoms with Crippen LogP contribution in [-0.2, 0) is 13.1 Å². The second-order valence-corrected chi connectivity index (χ2v) is 7.49. The van der Waals surface area contributed by atoms with Gasteiger partial charge in [0, 0.05) is 30.7 Å². The van der Waals surface area contributed by atoms with Gasteiger partial charge in [-0.1, -0.05) is 24.3 Å². The number of aliphatic hydroxyl groups excluding tert-OH is 1. The van der Waals surface area contributed by atoms with Crippen molar-refractivity contribution in [2.24, 2.45) is 0 Å². The summed E-state index contributed by atoms with van der Waals surface area (Å²) in [5.41, 5.74) is 2.49. The Labute approximate surface area is 161 Å². The van der Waals surface area contributed by atoms with Crippen molar-refractivity contribution in [3.05, 3.63) is 69.4 Å². The highest BCUT2D eigenvalue weighted by atomic mass is 79.9. The Bertz CT molecular complexity index is 759. The highest BCUT2D eigenvalue weighted by molar-refractivity contribution is 9.10. The number of nitrogens with one attached hydrogen (secondary N) is 1. The average Bonchev–Trinajstić information content (AvgIpc) is 2.65. The molecule has 2 N–H and O–H groups in total. The quantitative estimate of drug-likeness (QED) is 0.778. The molecule has 0 aromatic heterocycles. The third-order valence-corrected chi connectivity index (χ3v) is 5.30. The molecule has 1 aliphatic rings. The molecule has 1 amide bonds. The van der Waals surface area contributed by atoms with Crippen LogP contribution in [-0.4, -0.2) is 35.1 Å². The lowest BCUT2D eigenvalue weighted by molar-refractivity contribution is 0.0792. The third-order valence-electron chi connectivity index (χ3n) is 4.61. The predicted molar refractivity (Wildman–Crippen MR) is 102 cm³/mol. The largest absolute Gasteiger partial charge is 0.393 e. The van der Waals surface area contributed by atoms with Crippen molar-refractivity contribution in [2.75, 3.05) is 13.1 Å². The summed E-state index contributed by atoms with van der Waals surface area (Å²) in [5.74, 6) is -0.750. The maximum atomic E-state index is 13.3. The zero-order valence-corrected chi connectivity index (χ0v) is 16.0. The van der Waals surface area contributed by atoms with Crippen molar-refractivity contribution < 1.29 is 14.3 Å². The lowest BCUT2D eigenvalue weighted by Crippen LogP contribution is -2.35. The number of halogens is 2. The van der Waals surface area contributed by atoms with Gasteiger partial charge in [0.25, 0.3) is 5.91 Å². The Balaban J connectivity index is 1.52. The van der Waals surface area contributed by atoms with Gasteiger partial charge in [-0.3, -0.25) is 9.69 Å². The van der Waals surface area contributed by atoms with Gasteiger partial charge in [-0.05, 0) is 58.1 Å². The van der Waals surface area contributed by atoms with Gasteiger partial charge in [0.1, 0.15) is 5.82 Å². The van der Waals surface area contributed by atoms with Crippen LogP contribution >= 0.6 is 15.9 Å². The van der Waals surface area contributed by atoms with E-state index < -0.39 is 5.82 Å². The van der Waals surface area contributed by atoms with E-state index in [-0.39, 0.29) is 17.6 Å². The van der Waals surface area contributed by atoms with Crippen molar-refractivity contribution in [2.45, 2.75) is 32.0 Å². The first-order chi connectivity index (χ1) is 12.5. The summed E-state index contributed by atoms with van der Waals surface area (Å²) in [6, 6.07) is 12.2. The number of nitrogens with zero attached hydrogens (tertiary/aromatic N) is 1. The van der Waals surface area contributed by atoms with Crippen LogP contribution in [0.2, 0.25) is 0 Å². The van der Waals surface area contributed by atoms with Gasteiger partial charge in [-0.2, -0.15) is 0 Å². The molecule has 26 heavy (non-hydrogen) atoms. The van der Waals surface area contributed by atoms with E-state index in [4.69, 9.17) is 0 Å². The number of hydrogen-bond donors (Lipinski definition) is 2. The van der Waals surface area contributed by atoms with E-state index in [1.165, 1.54) is 23.8 Å².